The van der Waals surface area contributed by atoms with Gasteiger partial charge in [-0.2, -0.15) is 0 Å². The summed E-state index contributed by atoms with van der Waals surface area (Å²) in [6.45, 7) is 0.882. The minimum atomic E-state index is 0.469. The van der Waals surface area contributed by atoms with Gasteiger partial charge in [0.05, 0.1) is 0 Å². The first-order valence-corrected chi connectivity index (χ1v) is 6.76. The molecule has 0 fully saturated rings. The minimum Gasteiger partial charge on any atom is -0.305 e. The monoisotopic (exact) mass is 242 g/mol. The van der Waals surface area contributed by atoms with Crippen LogP contribution in [0.1, 0.15) is 17.2 Å². The zero-order chi connectivity index (χ0) is 11.5. The Hall–Kier alpha value is -1.32. The number of nitrogens with zero attached hydrogens (tertiary/aromatic N) is 1. The zero-order valence-electron chi connectivity index (χ0n) is 9.47. The van der Waals surface area contributed by atoms with E-state index in [0.29, 0.717) is 6.04 Å². The number of thioether (sulfide) groups is 1. The fraction of sp³-hybridized carbons (Fsp3) is 0.214. The molecule has 0 aliphatic carbocycles. The maximum atomic E-state index is 4.13. The first kappa shape index (κ1) is 10.8. The van der Waals surface area contributed by atoms with Crippen LogP contribution in [0.5, 0.6) is 0 Å². The molecule has 0 spiro atoms. The number of rotatable bonds is 3. The van der Waals surface area contributed by atoms with E-state index >= 15 is 0 Å². The van der Waals surface area contributed by atoms with Gasteiger partial charge in [-0.1, -0.05) is 24.3 Å². The molecule has 1 aromatic heterocycles. The van der Waals surface area contributed by atoms with Crippen molar-refractivity contribution in [2.24, 2.45) is 0 Å². The summed E-state index contributed by atoms with van der Waals surface area (Å²) in [4.78, 5) is 5.54. The number of fused-ring (bicyclic) bond motifs is 1. The molecule has 3 rings (SSSR count). The van der Waals surface area contributed by atoms with E-state index in [1.165, 1.54) is 16.0 Å². The normalized spacial score (nSPS) is 18.0. The summed E-state index contributed by atoms with van der Waals surface area (Å²) in [7, 11) is 0. The summed E-state index contributed by atoms with van der Waals surface area (Å²) < 4.78 is 0. The van der Waals surface area contributed by atoms with Crippen LogP contribution >= 0.6 is 11.8 Å². The van der Waals surface area contributed by atoms with Crippen LogP contribution in [0.15, 0.2) is 53.7 Å². The van der Waals surface area contributed by atoms with Crippen LogP contribution in [0, 0.1) is 0 Å². The van der Waals surface area contributed by atoms with Crippen LogP contribution in [0.3, 0.4) is 0 Å². The van der Waals surface area contributed by atoms with E-state index in [1.54, 1.807) is 0 Å². The molecule has 3 heteroatoms. The van der Waals surface area contributed by atoms with Crippen LogP contribution in [0.25, 0.3) is 0 Å². The highest BCUT2D eigenvalue weighted by Crippen LogP contribution is 2.37. The molecule has 1 N–H and O–H groups in total. The maximum Gasteiger partial charge on any atom is 0.0429 e. The molecule has 1 aromatic carbocycles. The van der Waals surface area contributed by atoms with Crippen LogP contribution in [-0.2, 0) is 6.54 Å². The first-order chi connectivity index (χ1) is 8.43. The lowest BCUT2D eigenvalue weighted by molar-refractivity contribution is 0.583. The molecule has 0 saturated carbocycles. The van der Waals surface area contributed by atoms with E-state index in [4.69, 9.17) is 0 Å². The van der Waals surface area contributed by atoms with Gasteiger partial charge >= 0.3 is 0 Å². The summed E-state index contributed by atoms with van der Waals surface area (Å²) >= 11 is 1.93. The molecule has 1 aliphatic heterocycles. The average molecular weight is 242 g/mol. The number of hydrogen-bond acceptors (Lipinski definition) is 3. The van der Waals surface area contributed by atoms with Gasteiger partial charge in [0.25, 0.3) is 0 Å². The molecular formula is C14H14N2S. The summed E-state index contributed by atoms with van der Waals surface area (Å²) in [5, 5.41) is 3.59. The topological polar surface area (TPSA) is 24.9 Å². The van der Waals surface area contributed by atoms with Crippen LogP contribution in [0.2, 0.25) is 0 Å². The SMILES string of the molecule is c1cncc(CNC2CSc3ccccc32)c1. The third-order valence-corrected chi connectivity index (χ3v) is 4.16. The van der Waals surface area contributed by atoms with Crippen molar-refractivity contribution < 1.29 is 0 Å². The van der Waals surface area contributed by atoms with E-state index in [-0.39, 0.29) is 0 Å². The molecule has 1 unspecified atom stereocenters. The van der Waals surface area contributed by atoms with E-state index in [2.05, 4.69) is 40.6 Å². The van der Waals surface area contributed by atoms with E-state index < -0.39 is 0 Å². The van der Waals surface area contributed by atoms with Gasteiger partial charge < -0.3 is 5.32 Å². The smallest absolute Gasteiger partial charge is 0.0429 e. The Morgan fingerprint density at radius 2 is 2.18 bits per heavy atom. The Morgan fingerprint density at radius 3 is 3.06 bits per heavy atom. The Balaban J connectivity index is 1.68. The lowest BCUT2D eigenvalue weighted by atomic mass is 10.1. The third kappa shape index (κ3) is 2.35. The van der Waals surface area contributed by atoms with Gasteiger partial charge in [0.2, 0.25) is 0 Å². The average Bonchev–Trinajstić information content (AvgIpc) is 2.81. The summed E-state index contributed by atoms with van der Waals surface area (Å²) in [6.07, 6.45) is 3.73. The zero-order valence-corrected chi connectivity index (χ0v) is 10.3. The van der Waals surface area contributed by atoms with Gasteiger partial charge in [-0.15, -0.1) is 11.8 Å². The van der Waals surface area contributed by atoms with Crippen molar-refractivity contribution in [3.63, 3.8) is 0 Å². The predicted molar refractivity (Wildman–Crippen MR) is 71.0 cm³/mol. The second-order valence-corrected chi connectivity index (χ2v) is 5.21. The van der Waals surface area contributed by atoms with Crippen LogP contribution in [0.4, 0.5) is 0 Å². The molecule has 1 atom stereocenters. The Labute approximate surface area is 105 Å². The van der Waals surface area contributed by atoms with Crippen molar-refractivity contribution >= 4 is 11.8 Å². The van der Waals surface area contributed by atoms with Gasteiger partial charge in [0, 0.05) is 35.6 Å². The standard InChI is InChI=1S/C14H14N2S/c1-2-6-14-12(5-1)13(10-17-14)16-9-11-4-3-7-15-8-11/h1-8,13,16H,9-10H2. The molecular weight excluding hydrogens is 228 g/mol. The predicted octanol–water partition coefficient (Wildman–Crippen LogP) is 3.02. The first-order valence-electron chi connectivity index (χ1n) is 5.77. The fourth-order valence-corrected chi connectivity index (χ4v) is 3.27. The van der Waals surface area contributed by atoms with Crippen molar-refractivity contribution in [3.8, 4) is 0 Å². The molecule has 0 amide bonds. The largest absolute Gasteiger partial charge is 0.305 e. The Morgan fingerprint density at radius 1 is 1.24 bits per heavy atom. The second-order valence-electron chi connectivity index (χ2n) is 4.14. The van der Waals surface area contributed by atoms with Crippen LogP contribution < -0.4 is 5.32 Å². The Bertz CT molecular complexity index is 499. The molecule has 0 radical (unpaired) electrons. The molecule has 2 heterocycles. The molecule has 0 saturated heterocycles. The minimum absolute atomic E-state index is 0.469. The summed E-state index contributed by atoms with van der Waals surface area (Å²) in [6, 6.07) is 13.2. The van der Waals surface area contributed by atoms with Gasteiger partial charge in [0.15, 0.2) is 0 Å². The summed E-state index contributed by atoms with van der Waals surface area (Å²) in [5.41, 5.74) is 2.67. The van der Waals surface area contributed by atoms with Gasteiger partial charge in [-0.25, -0.2) is 0 Å². The lowest BCUT2D eigenvalue weighted by Crippen LogP contribution is -2.20. The third-order valence-electron chi connectivity index (χ3n) is 2.98. The van der Waals surface area contributed by atoms with E-state index in [9.17, 15) is 0 Å². The number of nitrogens with one attached hydrogen (secondary N) is 1. The second kappa shape index (κ2) is 4.90. The lowest BCUT2D eigenvalue weighted by Gasteiger charge is -2.12. The highest BCUT2D eigenvalue weighted by Gasteiger charge is 2.21. The number of pyridine rings is 1. The molecule has 1 aliphatic rings. The highest BCUT2D eigenvalue weighted by molar-refractivity contribution is 7.99. The van der Waals surface area contributed by atoms with Crippen LogP contribution in [-0.4, -0.2) is 10.7 Å². The highest BCUT2D eigenvalue weighted by atomic mass is 32.2. The molecule has 17 heavy (non-hydrogen) atoms. The molecule has 2 nitrogen and oxygen atoms in total. The number of hydrogen-bond donors (Lipinski definition) is 1. The molecule has 86 valence electrons. The van der Waals surface area contributed by atoms with Gasteiger partial charge in [0.1, 0.15) is 0 Å². The number of aromatic nitrogens is 1. The van der Waals surface area contributed by atoms with Crippen molar-refractivity contribution in [3.05, 3.63) is 59.9 Å². The van der Waals surface area contributed by atoms with Gasteiger partial charge in [-0.3, -0.25) is 4.98 Å². The fourth-order valence-electron chi connectivity index (χ4n) is 2.08. The summed E-state index contributed by atoms with van der Waals surface area (Å²) in [5.74, 6) is 1.12. The molecule has 0 bridgehead atoms. The van der Waals surface area contributed by atoms with E-state index in [1.807, 2.05) is 30.2 Å². The van der Waals surface area contributed by atoms with Crippen molar-refractivity contribution in [1.82, 2.24) is 10.3 Å². The molecule has 2 aromatic rings. The van der Waals surface area contributed by atoms with E-state index in [0.717, 1.165) is 12.3 Å². The van der Waals surface area contributed by atoms with Gasteiger partial charge in [-0.05, 0) is 23.3 Å². The quantitative estimate of drug-likeness (QED) is 0.895. The van der Waals surface area contributed by atoms with Crippen molar-refractivity contribution in [1.29, 1.82) is 0 Å². The number of benzene rings is 1. The Kier molecular flexibility index (Phi) is 3.12. The van der Waals surface area contributed by atoms with Crippen molar-refractivity contribution in [2.75, 3.05) is 5.75 Å². The van der Waals surface area contributed by atoms with Crippen molar-refractivity contribution in [2.45, 2.75) is 17.5 Å². The maximum absolute atomic E-state index is 4.13.